The number of aromatic amines is 1. The topological polar surface area (TPSA) is 127 Å². The Morgan fingerprint density at radius 1 is 1.32 bits per heavy atom. The van der Waals surface area contributed by atoms with Crippen LogP contribution in [-0.4, -0.2) is 24.6 Å². The lowest BCUT2D eigenvalue weighted by Gasteiger charge is -2.09. The van der Waals surface area contributed by atoms with Gasteiger partial charge in [0.25, 0.3) is 0 Å². The van der Waals surface area contributed by atoms with Crippen molar-refractivity contribution in [2.45, 2.75) is 6.54 Å². The summed E-state index contributed by atoms with van der Waals surface area (Å²) < 4.78 is 40.6. The van der Waals surface area contributed by atoms with E-state index in [0.29, 0.717) is 49.4 Å². The van der Waals surface area contributed by atoms with E-state index >= 15 is 4.39 Å². The number of nitrogens with zero attached hydrogens (tertiary/aromatic N) is 1. The number of fused-ring (bicyclic) bond motifs is 1. The summed E-state index contributed by atoms with van der Waals surface area (Å²) in [5, 5.41) is 1.64. The normalized spacial score (nSPS) is 13.8. The highest BCUT2D eigenvalue weighted by Gasteiger charge is 2.16. The molecule has 0 radical (unpaired) electrons. The molecule has 0 aliphatic carbocycles. The Kier molecular flexibility index (Phi) is 7.50. The molecule has 34 heavy (non-hydrogen) atoms. The number of nitrogens with two attached hydrogens (primary N) is 2. The Morgan fingerprint density at radius 3 is 2.74 bits per heavy atom. The molecule has 0 fully saturated rings. The fourth-order valence-electron chi connectivity index (χ4n) is 3.49. The van der Waals surface area contributed by atoms with Crippen molar-refractivity contribution in [3.63, 3.8) is 0 Å². The van der Waals surface area contributed by atoms with Crippen LogP contribution in [-0.2, 0) is 16.6 Å². The zero-order valence-electron chi connectivity index (χ0n) is 18.7. The summed E-state index contributed by atoms with van der Waals surface area (Å²) in [4.78, 5) is 7.30. The molecule has 0 amide bonds. The van der Waals surface area contributed by atoms with Crippen molar-refractivity contribution in [1.82, 2.24) is 14.7 Å². The van der Waals surface area contributed by atoms with Gasteiger partial charge in [0.2, 0.25) is 10.0 Å². The Bertz CT molecular complexity index is 1550. The van der Waals surface area contributed by atoms with Crippen LogP contribution in [0.4, 0.5) is 4.39 Å². The van der Waals surface area contributed by atoms with Crippen molar-refractivity contribution in [3.8, 4) is 11.1 Å². The van der Waals surface area contributed by atoms with E-state index in [-0.39, 0.29) is 6.54 Å². The SMILES string of the molecule is C=C/C=C\C(=C/N)C(=C)/C=c1\c(=C/N)[nH]c2ncc(F)c(-c3cccc(CNS(C)(=O)=O)c3)c12. The summed E-state index contributed by atoms with van der Waals surface area (Å²) in [7, 11) is -3.38. The molecule has 0 saturated carbocycles. The number of H-pyrrole nitrogens is 1. The number of hydrogen-bond acceptors (Lipinski definition) is 5. The second-order valence-corrected chi connectivity index (χ2v) is 9.34. The van der Waals surface area contributed by atoms with Crippen LogP contribution in [0.25, 0.3) is 34.4 Å². The third-order valence-electron chi connectivity index (χ3n) is 5.05. The highest BCUT2D eigenvalue weighted by Crippen LogP contribution is 2.28. The summed E-state index contributed by atoms with van der Waals surface area (Å²) >= 11 is 0. The van der Waals surface area contributed by atoms with E-state index < -0.39 is 15.8 Å². The molecule has 0 aliphatic heterocycles. The fraction of sp³-hybridized carbons (Fsp3) is 0.0800. The molecule has 0 spiro atoms. The van der Waals surface area contributed by atoms with Crippen molar-refractivity contribution >= 4 is 33.3 Å². The maximum absolute atomic E-state index is 15.2. The molecular weight excluding hydrogens is 453 g/mol. The number of halogens is 1. The van der Waals surface area contributed by atoms with Gasteiger partial charge in [-0.3, -0.25) is 0 Å². The van der Waals surface area contributed by atoms with Crippen LogP contribution in [0.5, 0.6) is 0 Å². The van der Waals surface area contributed by atoms with Gasteiger partial charge in [0.1, 0.15) is 11.5 Å². The third-order valence-corrected chi connectivity index (χ3v) is 5.72. The molecule has 1 aromatic carbocycles. The zero-order valence-corrected chi connectivity index (χ0v) is 19.5. The molecule has 0 atom stereocenters. The predicted molar refractivity (Wildman–Crippen MR) is 136 cm³/mol. The number of nitrogens with one attached hydrogen (secondary N) is 2. The second kappa shape index (κ2) is 10.3. The maximum atomic E-state index is 15.2. The first-order valence-electron chi connectivity index (χ1n) is 10.2. The van der Waals surface area contributed by atoms with Crippen molar-refractivity contribution in [3.05, 3.63) is 101 Å². The van der Waals surface area contributed by atoms with Crippen molar-refractivity contribution in [2.75, 3.05) is 6.26 Å². The number of benzene rings is 1. The van der Waals surface area contributed by atoms with Gasteiger partial charge < -0.3 is 16.5 Å². The van der Waals surface area contributed by atoms with Crippen LogP contribution in [0, 0.1) is 5.82 Å². The molecular formula is C25H26FN5O2S. The van der Waals surface area contributed by atoms with Crippen molar-refractivity contribution in [1.29, 1.82) is 0 Å². The van der Waals surface area contributed by atoms with Crippen molar-refractivity contribution < 1.29 is 12.8 Å². The van der Waals surface area contributed by atoms with E-state index in [2.05, 4.69) is 27.8 Å². The number of aromatic nitrogens is 2. The predicted octanol–water partition coefficient (Wildman–Crippen LogP) is 2.04. The van der Waals surface area contributed by atoms with Crippen LogP contribution in [0.3, 0.4) is 0 Å². The first kappa shape index (κ1) is 24.7. The zero-order chi connectivity index (χ0) is 24.9. The smallest absolute Gasteiger partial charge is 0.209 e. The summed E-state index contributed by atoms with van der Waals surface area (Å²) in [5.41, 5.74) is 14.8. The molecule has 6 N–H and O–H groups in total. The van der Waals surface area contributed by atoms with Gasteiger partial charge in [0.15, 0.2) is 0 Å². The molecule has 176 valence electrons. The van der Waals surface area contributed by atoms with Gasteiger partial charge in [-0.25, -0.2) is 22.5 Å². The standard InChI is InChI=1S/C25H26FN5O2S/c1-4-5-8-19(12-27)16(2)10-20-22(13-28)31-25-24(20)23(21(26)15-29-25)18-9-6-7-17(11-18)14-30-34(3,32)33/h4-13,15,30H,1-2,14,27-28H2,3H3,(H,29,31)/b8-5-,19-12+,20-10+,22-13+. The lowest BCUT2D eigenvalue weighted by molar-refractivity contribution is 0.587. The van der Waals surface area contributed by atoms with E-state index in [0.717, 1.165) is 12.5 Å². The molecule has 2 heterocycles. The monoisotopic (exact) mass is 479 g/mol. The number of allylic oxidation sites excluding steroid dienone is 5. The minimum Gasteiger partial charge on any atom is -0.404 e. The average Bonchev–Trinajstić information content (AvgIpc) is 3.15. The number of hydrogen-bond donors (Lipinski definition) is 4. The highest BCUT2D eigenvalue weighted by atomic mass is 32.2. The Hall–Kier alpha value is -3.95. The molecule has 0 aliphatic rings. The highest BCUT2D eigenvalue weighted by molar-refractivity contribution is 7.88. The lowest BCUT2D eigenvalue weighted by atomic mass is 9.99. The first-order valence-corrected chi connectivity index (χ1v) is 12.1. The van der Waals surface area contributed by atoms with Gasteiger partial charge in [0, 0.05) is 35.1 Å². The molecule has 0 bridgehead atoms. The van der Waals surface area contributed by atoms with Gasteiger partial charge in [-0.05, 0) is 34.4 Å². The number of rotatable bonds is 8. The van der Waals surface area contributed by atoms with E-state index in [1.807, 2.05) is 0 Å². The van der Waals surface area contributed by atoms with E-state index in [9.17, 15) is 8.42 Å². The molecule has 3 rings (SSSR count). The summed E-state index contributed by atoms with van der Waals surface area (Å²) in [5.74, 6) is -0.537. The third kappa shape index (κ3) is 5.51. The molecule has 2 aromatic heterocycles. The van der Waals surface area contributed by atoms with Crippen LogP contribution in [0.15, 0.2) is 79.2 Å². The maximum Gasteiger partial charge on any atom is 0.209 e. The largest absolute Gasteiger partial charge is 0.404 e. The quantitative estimate of drug-likeness (QED) is 0.368. The Balaban J connectivity index is 2.27. The molecule has 0 saturated heterocycles. The van der Waals surface area contributed by atoms with E-state index in [1.54, 1.807) is 48.6 Å². The van der Waals surface area contributed by atoms with Gasteiger partial charge in [-0.1, -0.05) is 49.6 Å². The fourth-order valence-corrected chi connectivity index (χ4v) is 3.92. The number of pyridine rings is 1. The second-order valence-electron chi connectivity index (χ2n) is 7.50. The summed E-state index contributed by atoms with van der Waals surface area (Å²) in [6.45, 7) is 7.81. The first-order chi connectivity index (χ1) is 16.2. The lowest BCUT2D eigenvalue weighted by Crippen LogP contribution is -2.25. The molecule has 3 aromatic rings. The van der Waals surface area contributed by atoms with Crippen LogP contribution in [0.1, 0.15) is 5.56 Å². The van der Waals surface area contributed by atoms with Crippen LogP contribution >= 0.6 is 0 Å². The van der Waals surface area contributed by atoms with Gasteiger partial charge in [-0.15, -0.1) is 0 Å². The van der Waals surface area contributed by atoms with Gasteiger partial charge in [-0.2, -0.15) is 0 Å². The van der Waals surface area contributed by atoms with Crippen LogP contribution in [0.2, 0.25) is 0 Å². The van der Waals surface area contributed by atoms with E-state index in [4.69, 9.17) is 11.5 Å². The molecule has 9 heteroatoms. The minimum atomic E-state index is -3.38. The Morgan fingerprint density at radius 2 is 2.09 bits per heavy atom. The molecule has 7 nitrogen and oxygen atoms in total. The molecule has 0 unspecified atom stereocenters. The van der Waals surface area contributed by atoms with E-state index in [1.165, 1.54) is 12.4 Å². The van der Waals surface area contributed by atoms with Crippen LogP contribution < -0.4 is 26.8 Å². The Labute approximate surface area is 197 Å². The number of sulfonamides is 1. The van der Waals surface area contributed by atoms with Gasteiger partial charge >= 0.3 is 0 Å². The van der Waals surface area contributed by atoms with Gasteiger partial charge in [0.05, 0.1) is 17.8 Å². The average molecular weight is 480 g/mol. The van der Waals surface area contributed by atoms with Crippen molar-refractivity contribution in [2.24, 2.45) is 11.5 Å². The minimum absolute atomic E-state index is 0.0769. The summed E-state index contributed by atoms with van der Waals surface area (Å²) in [6, 6.07) is 6.97. The summed E-state index contributed by atoms with van der Waals surface area (Å²) in [6.07, 6.45) is 11.9.